The van der Waals surface area contributed by atoms with Crippen LogP contribution in [0.3, 0.4) is 0 Å². The predicted octanol–water partition coefficient (Wildman–Crippen LogP) is 2.83. The highest BCUT2D eigenvalue weighted by molar-refractivity contribution is 7.89. The van der Waals surface area contributed by atoms with Crippen molar-refractivity contribution in [3.8, 4) is 0 Å². The zero-order valence-corrected chi connectivity index (χ0v) is 17.8. The van der Waals surface area contributed by atoms with Crippen molar-refractivity contribution >= 4 is 54.1 Å². The second-order valence-corrected chi connectivity index (χ2v) is 9.47. The van der Waals surface area contributed by atoms with Gasteiger partial charge in [-0.2, -0.15) is 0 Å². The first-order valence-corrected chi connectivity index (χ1v) is 11.3. The Morgan fingerprint density at radius 2 is 2.00 bits per heavy atom. The van der Waals surface area contributed by atoms with Gasteiger partial charge in [0.15, 0.2) is 4.96 Å². The molecule has 8 nitrogen and oxygen atoms in total. The van der Waals surface area contributed by atoms with E-state index in [1.807, 2.05) is 24.3 Å². The van der Waals surface area contributed by atoms with Crippen LogP contribution >= 0.6 is 22.9 Å². The molecule has 0 atom stereocenters. The second-order valence-electron chi connectivity index (χ2n) is 6.20. The van der Waals surface area contributed by atoms with Gasteiger partial charge in [-0.15, -0.1) is 0 Å². The van der Waals surface area contributed by atoms with E-state index >= 15 is 0 Å². The fraction of sp³-hybridized carbons (Fsp3) is 0.105. The fourth-order valence-corrected chi connectivity index (χ4v) is 5.16. The fourth-order valence-electron chi connectivity index (χ4n) is 2.87. The Morgan fingerprint density at radius 1 is 1.23 bits per heavy atom. The van der Waals surface area contributed by atoms with Crippen LogP contribution in [0.2, 0.25) is 5.02 Å². The van der Waals surface area contributed by atoms with Crippen molar-refractivity contribution in [3.63, 3.8) is 0 Å². The lowest BCUT2D eigenvalue weighted by atomic mass is 10.2. The number of fused-ring (bicyclic) bond motifs is 3. The SMILES string of the molecule is CNS(=O)(=O)c1cc(C(=O)OCc2cc(=O)n3c(n2)sc2ccccc23)ccc1Cl. The summed E-state index contributed by atoms with van der Waals surface area (Å²) in [5.74, 6) is -0.766. The highest BCUT2D eigenvalue weighted by Crippen LogP contribution is 2.24. The van der Waals surface area contributed by atoms with Crippen molar-refractivity contribution < 1.29 is 17.9 Å². The molecule has 0 aliphatic rings. The maximum Gasteiger partial charge on any atom is 0.338 e. The zero-order valence-electron chi connectivity index (χ0n) is 15.5. The number of ether oxygens (including phenoxy) is 1. The maximum atomic E-state index is 12.5. The van der Waals surface area contributed by atoms with Crippen molar-refractivity contribution in [2.24, 2.45) is 0 Å². The van der Waals surface area contributed by atoms with Crippen LogP contribution in [0.25, 0.3) is 15.2 Å². The zero-order chi connectivity index (χ0) is 21.5. The lowest BCUT2D eigenvalue weighted by Gasteiger charge is -2.08. The summed E-state index contributed by atoms with van der Waals surface area (Å²) < 4.78 is 33.8. The molecule has 1 N–H and O–H groups in total. The highest BCUT2D eigenvalue weighted by Gasteiger charge is 2.19. The number of thiazole rings is 1. The molecular formula is C19H14ClN3O5S2. The van der Waals surface area contributed by atoms with E-state index in [1.165, 1.54) is 41.0 Å². The molecule has 2 heterocycles. The molecular weight excluding hydrogens is 450 g/mol. The monoisotopic (exact) mass is 463 g/mol. The number of sulfonamides is 1. The molecule has 0 unspecified atom stereocenters. The Bertz CT molecular complexity index is 1460. The van der Waals surface area contributed by atoms with Crippen molar-refractivity contribution in [2.45, 2.75) is 11.5 Å². The summed E-state index contributed by atoms with van der Waals surface area (Å²) in [6, 6.07) is 12.5. The molecule has 2 aromatic carbocycles. The average Bonchev–Trinajstić information content (AvgIpc) is 3.11. The Morgan fingerprint density at radius 3 is 2.77 bits per heavy atom. The number of esters is 1. The molecule has 0 aliphatic carbocycles. The molecule has 0 spiro atoms. The summed E-state index contributed by atoms with van der Waals surface area (Å²) in [5.41, 5.74) is 0.778. The Balaban J connectivity index is 1.60. The van der Waals surface area contributed by atoms with Crippen LogP contribution in [0.15, 0.2) is 58.2 Å². The number of benzene rings is 2. The van der Waals surface area contributed by atoms with E-state index in [2.05, 4.69) is 9.71 Å². The van der Waals surface area contributed by atoms with Crippen molar-refractivity contribution in [1.29, 1.82) is 0 Å². The smallest absolute Gasteiger partial charge is 0.338 e. The molecule has 2 aromatic heterocycles. The second kappa shape index (κ2) is 7.80. The number of nitrogens with zero attached hydrogens (tertiary/aromatic N) is 2. The van der Waals surface area contributed by atoms with Crippen molar-refractivity contribution in [3.05, 3.63) is 75.2 Å². The molecule has 0 saturated heterocycles. The van der Waals surface area contributed by atoms with E-state index in [0.29, 0.717) is 4.96 Å². The standard InChI is InChI=1S/C19H14ClN3O5S2/c1-21-30(26,27)16-8-11(6-7-13(16)20)18(25)28-10-12-9-17(24)23-14-4-2-3-5-15(14)29-19(23)22-12/h2-9,21H,10H2,1H3. The molecule has 0 aliphatic heterocycles. The van der Waals surface area contributed by atoms with Gasteiger partial charge in [-0.25, -0.2) is 22.9 Å². The van der Waals surface area contributed by atoms with Gasteiger partial charge in [0, 0.05) is 6.07 Å². The third kappa shape index (κ3) is 3.70. The van der Waals surface area contributed by atoms with E-state index in [1.54, 1.807) is 0 Å². The van der Waals surface area contributed by atoms with E-state index in [-0.39, 0.29) is 33.3 Å². The average molecular weight is 464 g/mol. The number of para-hydroxylation sites is 1. The molecule has 0 amide bonds. The van der Waals surface area contributed by atoms with Gasteiger partial charge in [-0.05, 0) is 37.4 Å². The molecule has 4 rings (SSSR count). The summed E-state index contributed by atoms with van der Waals surface area (Å²) in [7, 11) is -2.60. The molecule has 154 valence electrons. The van der Waals surface area contributed by atoms with Crippen LogP contribution in [-0.4, -0.2) is 30.8 Å². The highest BCUT2D eigenvalue weighted by atomic mass is 35.5. The van der Waals surface area contributed by atoms with Crippen LogP contribution in [0.5, 0.6) is 0 Å². The first-order valence-electron chi connectivity index (χ1n) is 8.60. The van der Waals surface area contributed by atoms with Crippen molar-refractivity contribution in [1.82, 2.24) is 14.1 Å². The summed E-state index contributed by atoms with van der Waals surface area (Å²) in [6.45, 7) is -0.241. The Hall–Kier alpha value is -2.79. The molecule has 0 radical (unpaired) electrons. The normalized spacial score (nSPS) is 11.8. The lowest BCUT2D eigenvalue weighted by Crippen LogP contribution is -2.19. The topological polar surface area (TPSA) is 107 Å². The van der Waals surface area contributed by atoms with Crippen LogP contribution in [0.4, 0.5) is 0 Å². The minimum atomic E-state index is -3.84. The third-order valence-electron chi connectivity index (χ3n) is 4.32. The Labute approximate surface area is 179 Å². The van der Waals surface area contributed by atoms with E-state index < -0.39 is 16.0 Å². The van der Waals surface area contributed by atoms with E-state index in [9.17, 15) is 18.0 Å². The molecule has 0 saturated carbocycles. The summed E-state index contributed by atoms with van der Waals surface area (Å²) in [4.78, 5) is 29.6. The molecule has 11 heteroatoms. The number of hydrogen-bond donors (Lipinski definition) is 1. The van der Waals surface area contributed by atoms with Crippen LogP contribution in [0.1, 0.15) is 16.1 Å². The first kappa shape index (κ1) is 20.5. The van der Waals surface area contributed by atoms with Crippen LogP contribution in [-0.2, 0) is 21.4 Å². The van der Waals surface area contributed by atoms with Gasteiger partial charge in [0.05, 0.1) is 26.5 Å². The van der Waals surface area contributed by atoms with Crippen LogP contribution < -0.4 is 10.3 Å². The number of rotatable bonds is 5. The Kier molecular flexibility index (Phi) is 5.33. The van der Waals surface area contributed by atoms with Crippen molar-refractivity contribution in [2.75, 3.05) is 7.05 Å². The molecule has 0 fully saturated rings. The van der Waals surface area contributed by atoms with Gasteiger partial charge >= 0.3 is 5.97 Å². The molecule has 0 bridgehead atoms. The van der Waals surface area contributed by atoms with Gasteiger partial charge in [0.2, 0.25) is 10.0 Å². The number of nitrogens with one attached hydrogen (secondary N) is 1. The summed E-state index contributed by atoms with van der Waals surface area (Å²) in [5, 5.41) is -0.0224. The number of carbonyl (C=O) groups is 1. The number of hydrogen-bond acceptors (Lipinski definition) is 7. The number of halogens is 1. The first-order chi connectivity index (χ1) is 14.3. The third-order valence-corrected chi connectivity index (χ3v) is 7.24. The minimum absolute atomic E-state index is 0.00730. The maximum absolute atomic E-state index is 12.5. The lowest BCUT2D eigenvalue weighted by molar-refractivity contribution is 0.0467. The van der Waals surface area contributed by atoms with Gasteiger partial charge < -0.3 is 4.74 Å². The summed E-state index contributed by atoms with van der Waals surface area (Å²) in [6.07, 6.45) is 0. The van der Waals surface area contributed by atoms with Gasteiger partial charge in [-0.3, -0.25) is 9.20 Å². The predicted molar refractivity (Wildman–Crippen MR) is 114 cm³/mol. The number of carbonyl (C=O) groups excluding carboxylic acids is 1. The van der Waals surface area contributed by atoms with E-state index in [4.69, 9.17) is 16.3 Å². The molecule has 4 aromatic rings. The molecule has 30 heavy (non-hydrogen) atoms. The quantitative estimate of drug-likeness (QED) is 0.456. The largest absolute Gasteiger partial charge is 0.456 e. The number of aromatic nitrogens is 2. The van der Waals surface area contributed by atoms with Gasteiger partial charge in [0.1, 0.15) is 11.5 Å². The van der Waals surface area contributed by atoms with E-state index in [0.717, 1.165) is 16.3 Å². The van der Waals surface area contributed by atoms with Crippen LogP contribution in [0, 0.1) is 0 Å². The summed E-state index contributed by atoms with van der Waals surface area (Å²) >= 11 is 7.28. The van der Waals surface area contributed by atoms with Gasteiger partial charge in [-0.1, -0.05) is 35.1 Å². The van der Waals surface area contributed by atoms with Gasteiger partial charge in [0.25, 0.3) is 5.56 Å². The minimum Gasteiger partial charge on any atom is -0.456 e.